The van der Waals surface area contributed by atoms with Gasteiger partial charge in [-0.1, -0.05) is 0 Å². The Morgan fingerprint density at radius 3 is 2.73 bits per heavy atom. The average molecular weight is 311 g/mol. The zero-order chi connectivity index (χ0) is 15.1. The van der Waals surface area contributed by atoms with E-state index in [4.69, 9.17) is 14.5 Å². The molecular formula is C16H13N3O2S. The molecule has 4 rings (SSSR count). The first-order valence-corrected chi connectivity index (χ1v) is 7.57. The Labute approximate surface area is 130 Å². The maximum Gasteiger partial charge on any atom is 0.161 e. The summed E-state index contributed by atoms with van der Waals surface area (Å²) in [6.07, 6.45) is 1.84. The zero-order valence-electron chi connectivity index (χ0n) is 12.1. The number of hydrogen-bond acceptors (Lipinski definition) is 5. The lowest BCUT2D eigenvalue weighted by Gasteiger charge is -2.08. The van der Waals surface area contributed by atoms with E-state index < -0.39 is 0 Å². The fourth-order valence-corrected chi connectivity index (χ4v) is 3.57. The van der Waals surface area contributed by atoms with E-state index in [2.05, 4.69) is 10.2 Å². The third-order valence-corrected chi connectivity index (χ3v) is 4.76. The molecule has 0 saturated carbocycles. The van der Waals surface area contributed by atoms with E-state index in [1.165, 1.54) is 0 Å². The molecule has 4 aromatic rings. The van der Waals surface area contributed by atoms with Gasteiger partial charge < -0.3 is 9.47 Å². The summed E-state index contributed by atoms with van der Waals surface area (Å²) >= 11 is 1.65. The Morgan fingerprint density at radius 1 is 1.05 bits per heavy atom. The molecule has 0 amide bonds. The summed E-state index contributed by atoms with van der Waals surface area (Å²) in [7, 11) is 3.26. The van der Waals surface area contributed by atoms with Crippen LogP contribution in [-0.4, -0.2) is 29.4 Å². The summed E-state index contributed by atoms with van der Waals surface area (Å²) in [5.41, 5.74) is 3.01. The largest absolute Gasteiger partial charge is 0.493 e. The van der Waals surface area contributed by atoms with Crippen molar-refractivity contribution in [1.29, 1.82) is 0 Å². The summed E-state index contributed by atoms with van der Waals surface area (Å²) < 4.78 is 11.8. The summed E-state index contributed by atoms with van der Waals surface area (Å²) in [5.74, 6) is 1.41. The van der Waals surface area contributed by atoms with Crippen molar-refractivity contribution >= 4 is 32.5 Å². The first kappa shape index (κ1) is 13.1. The normalized spacial score (nSPS) is 11.2. The molecular weight excluding hydrogens is 298 g/mol. The Hall–Kier alpha value is -2.60. The number of thiazole rings is 1. The fraction of sp³-hybridized carbons (Fsp3) is 0.125. The van der Waals surface area contributed by atoms with Crippen LogP contribution in [0.4, 0.5) is 0 Å². The molecule has 0 spiro atoms. The van der Waals surface area contributed by atoms with Crippen LogP contribution in [0.3, 0.4) is 0 Å². The molecule has 22 heavy (non-hydrogen) atoms. The third-order valence-electron chi connectivity index (χ3n) is 3.61. The summed E-state index contributed by atoms with van der Waals surface area (Å²) in [6, 6.07) is 9.85. The van der Waals surface area contributed by atoms with Crippen molar-refractivity contribution in [2.45, 2.75) is 0 Å². The highest BCUT2D eigenvalue weighted by atomic mass is 32.1. The monoisotopic (exact) mass is 311 g/mol. The molecule has 0 bridgehead atoms. The van der Waals surface area contributed by atoms with Crippen LogP contribution in [0.2, 0.25) is 0 Å². The highest BCUT2D eigenvalue weighted by Gasteiger charge is 2.12. The first-order chi connectivity index (χ1) is 10.8. The van der Waals surface area contributed by atoms with Gasteiger partial charge >= 0.3 is 0 Å². The van der Waals surface area contributed by atoms with Crippen LogP contribution >= 0.6 is 11.3 Å². The van der Waals surface area contributed by atoms with E-state index in [9.17, 15) is 0 Å². The Morgan fingerprint density at radius 2 is 1.91 bits per heavy atom. The predicted octanol–water partition coefficient (Wildman–Crippen LogP) is 3.86. The smallest absolute Gasteiger partial charge is 0.161 e. The quantitative estimate of drug-likeness (QED) is 0.624. The number of fused-ring (bicyclic) bond motifs is 3. The first-order valence-electron chi connectivity index (χ1n) is 6.75. The molecule has 2 heterocycles. The lowest BCUT2D eigenvalue weighted by molar-refractivity contribution is 0.355. The van der Waals surface area contributed by atoms with E-state index in [1.54, 1.807) is 25.6 Å². The van der Waals surface area contributed by atoms with Gasteiger partial charge in [-0.05, 0) is 30.3 Å². The van der Waals surface area contributed by atoms with Gasteiger partial charge in [0.25, 0.3) is 0 Å². The lowest BCUT2D eigenvalue weighted by atomic mass is 10.2. The SMILES string of the molecule is COc1ccc(-c2nc3ccc4[nH]ncc4c3s2)cc1OC. The average Bonchev–Trinajstić information content (AvgIpc) is 3.19. The van der Waals surface area contributed by atoms with Crippen LogP contribution in [0, 0.1) is 0 Å². The molecule has 2 aromatic carbocycles. The van der Waals surface area contributed by atoms with Crippen molar-refractivity contribution < 1.29 is 9.47 Å². The van der Waals surface area contributed by atoms with Gasteiger partial charge in [-0.15, -0.1) is 11.3 Å². The highest BCUT2D eigenvalue weighted by molar-refractivity contribution is 7.22. The van der Waals surface area contributed by atoms with E-state index >= 15 is 0 Å². The van der Waals surface area contributed by atoms with Gasteiger partial charge in [0.15, 0.2) is 11.5 Å². The van der Waals surface area contributed by atoms with Crippen molar-refractivity contribution in [3.63, 3.8) is 0 Å². The molecule has 0 saturated heterocycles. The van der Waals surface area contributed by atoms with E-state index in [0.717, 1.165) is 31.7 Å². The molecule has 5 nitrogen and oxygen atoms in total. The lowest BCUT2D eigenvalue weighted by Crippen LogP contribution is -1.90. The minimum absolute atomic E-state index is 0.702. The number of ether oxygens (including phenoxy) is 2. The molecule has 1 N–H and O–H groups in total. The van der Waals surface area contributed by atoms with Crippen molar-refractivity contribution in [3.05, 3.63) is 36.5 Å². The zero-order valence-corrected chi connectivity index (χ0v) is 12.9. The van der Waals surface area contributed by atoms with Crippen molar-refractivity contribution in [3.8, 4) is 22.1 Å². The van der Waals surface area contributed by atoms with E-state index in [0.29, 0.717) is 11.5 Å². The Balaban J connectivity index is 1.90. The Kier molecular flexibility index (Phi) is 2.97. The number of rotatable bonds is 3. The second kappa shape index (κ2) is 4.99. The molecule has 6 heteroatoms. The number of hydrogen-bond donors (Lipinski definition) is 1. The van der Waals surface area contributed by atoms with Crippen LogP contribution in [-0.2, 0) is 0 Å². The number of nitrogens with one attached hydrogen (secondary N) is 1. The number of methoxy groups -OCH3 is 2. The maximum atomic E-state index is 5.37. The number of nitrogens with zero attached hydrogens (tertiary/aromatic N) is 2. The van der Waals surface area contributed by atoms with Gasteiger partial charge in [-0.25, -0.2) is 4.98 Å². The van der Waals surface area contributed by atoms with E-state index in [-0.39, 0.29) is 0 Å². The molecule has 0 aliphatic carbocycles. The second-order valence-electron chi connectivity index (χ2n) is 4.83. The van der Waals surface area contributed by atoms with Crippen LogP contribution in [0.1, 0.15) is 0 Å². The van der Waals surface area contributed by atoms with Gasteiger partial charge in [0, 0.05) is 10.9 Å². The predicted molar refractivity (Wildman–Crippen MR) is 87.8 cm³/mol. The van der Waals surface area contributed by atoms with Gasteiger partial charge in [0.1, 0.15) is 5.01 Å². The van der Waals surface area contributed by atoms with Gasteiger partial charge in [-0.2, -0.15) is 5.10 Å². The molecule has 0 radical (unpaired) electrons. The standard InChI is InChI=1S/C16H13N3O2S/c1-20-13-6-3-9(7-14(13)21-2)16-18-12-5-4-11-10(8-17-19-11)15(12)22-16/h3-8H,1-2H3,(H,17,19). The minimum Gasteiger partial charge on any atom is -0.493 e. The van der Waals surface area contributed by atoms with Gasteiger partial charge in [-0.3, -0.25) is 5.10 Å². The number of aromatic amines is 1. The van der Waals surface area contributed by atoms with Gasteiger partial charge in [0.05, 0.1) is 36.1 Å². The second-order valence-corrected chi connectivity index (χ2v) is 5.83. The van der Waals surface area contributed by atoms with Crippen LogP contribution < -0.4 is 9.47 Å². The van der Waals surface area contributed by atoms with Gasteiger partial charge in [0.2, 0.25) is 0 Å². The maximum absolute atomic E-state index is 5.37. The summed E-state index contributed by atoms with van der Waals surface area (Å²) in [4.78, 5) is 4.72. The molecule has 0 aliphatic rings. The molecule has 110 valence electrons. The molecule has 0 fully saturated rings. The summed E-state index contributed by atoms with van der Waals surface area (Å²) in [6.45, 7) is 0. The molecule has 2 aromatic heterocycles. The van der Waals surface area contributed by atoms with Crippen molar-refractivity contribution in [2.24, 2.45) is 0 Å². The summed E-state index contributed by atoms with van der Waals surface area (Å²) in [5, 5.41) is 9.13. The third kappa shape index (κ3) is 1.92. The number of aromatic nitrogens is 3. The Bertz CT molecular complexity index is 974. The highest BCUT2D eigenvalue weighted by Crippen LogP contribution is 2.37. The van der Waals surface area contributed by atoms with Crippen molar-refractivity contribution in [1.82, 2.24) is 15.2 Å². The van der Waals surface area contributed by atoms with E-state index in [1.807, 2.05) is 36.5 Å². The topological polar surface area (TPSA) is 60.0 Å². The minimum atomic E-state index is 0.702. The fourth-order valence-electron chi connectivity index (χ4n) is 2.50. The molecule has 0 unspecified atom stereocenters. The van der Waals surface area contributed by atoms with Crippen LogP contribution in [0.5, 0.6) is 11.5 Å². The molecule has 0 atom stereocenters. The van der Waals surface area contributed by atoms with Crippen LogP contribution in [0.25, 0.3) is 31.7 Å². The number of H-pyrrole nitrogens is 1. The number of benzene rings is 2. The molecule has 0 aliphatic heterocycles. The van der Waals surface area contributed by atoms with Crippen LogP contribution in [0.15, 0.2) is 36.5 Å². The van der Waals surface area contributed by atoms with Crippen molar-refractivity contribution in [2.75, 3.05) is 14.2 Å².